The third kappa shape index (κ3) is 4.20. The average Bonchev–Trinajstić information content (AvgIpc) is 3.44. The van der Waals surface area contributed by atoms with E-state index in [0.717, 1.165) is 10.4 Å². The Morgan fingerprint density at radius 1 is 1.22 bits per heavy atom. The van der Waals surface area contributed by atoms with Gasteiger partial charge in [0.15, 0.2) is 11.5 Å². The number of fused-ring (bicyclic) bond motifs is 2. The first kappa shape index (κ1) is 20.9. The first-order valence-electron chi connectivity index (χ1n) is 9.20. The number of H-pyrrole nitrogens is 1. The Morgan fingerprint density at radius 2 is 2.06 bits per heavy atom. The molecule has 0 atom stereocenters. The molecule has 1 aliphatic heterocycles. The summed E-state index contributed by atoms with van der Waals surface area (Å²) in [5.41, 5.74) is 0.967. The van der Waals surface area contributed by atoms with Gasteiger partial charge >= 0.3 is 6.29 Å². The Bertz CT molecular complexity index is 1370. The molecule has 0 radical (unpaired) electrons. The topological polar surface area (TPSA) is 93.3 Å². The lowest BCUT2D eigenvalue weighted by molar-refractivity contribution is -0.286. The third-order valence-electron chi connectivity index (χ3n) is 4.44. The van der Waals surface area contributed by atoms with Crippen LogP contribution in [0.3, 0.4) is 0 Å². The highest BCUT2D eigenvalue weighted by Crippen LogP contribution is 2.42. The Balaban J connectivity index is 1.21. The molecule has 5 rings (SSSR count). The van der Waals surface area contributed by atoms with Crippen molar-refractivity contribution in [1.29, 1.82) is 0 Å². The van der Waals surface area contributed by atoms with Crippen LogP contribution in [0.25, 0.3) is 20.7 Å². The summed E-state index contributed by atoms with van der Waals surface area (Å²) in [6.45, 7) is 0. The van der Waals surface area contributed by atoms with Crippen LogP contribution in [0.1, 0.15) is 5.82 Å². The van der Waals surface area contributed by atoms with Crippen LogP contribution < -0.4 is 20.3 Å². The fourth-order valence-electron chi connectivity index (χ4n) is 3.14. The summed E-state index contributed by atoms with van der Waals surface area (Å²) in [6, 6.07) is 7.91. The van der Waals surface area contributed by atoms with Crippen LogP contribution in [0.4, 0.5) is 14.5 Å². The Morgan fingerprint density at radius 3 is 2.88 bits per heavy atom. The third-order valence-corrected chi connectivity index (χ3v) is 7.16. The quantitative estimate of drug-likeness (QED) is 0.397. The van der Waals surface area contributed by atoms with Gasteiger partial charge in [0, 0.05) is 27.6 Å². The molecule has 0 aliphatic carbocycles. The second-order valence-electron chi connectivity index (χ2n) is 6.69. The maximum Gasteiger partial charge on any atom is 0.586 e. The van der Waals surface area contributed by atoms with Crippen LogP contribution in [0.2, 0.25) is 0 Å². The van der Waals surface area contributed by atoms with Crippen molar-refractivity contribution >= 4 is 56.2 Å². The fraction of sp³-hybridized carbons (Fsp3) is 0.150. The minimum atomic E-state index is -3.71. The van der Waals surface area contributed by atoms with Gasteiger partial charge in [0.1, 0.15) is 10.7 Å². The summed E-state index contributed by atoms with van der Waals surface area (Å²) in [7, 11) is 0. The maximum absolute atomic E-state index is 13.1. The lowest BCUT2D eigenvalue weighted by atomic mass is 10.2. The summed E-state index contributed by atoms with van der Waals surface area (Å²) in [5, 5.41) is 7.06. The first-order chi connectivity index (χ1) is 15.4. The molecule has 0 bridgehead atoms. The van der Waals surface area contributed by atoms with E-state index in [9.17, 15) is 18.4 Å². The van der Waals surface area contributed by atoms with Crippen molar-refractivity contribution in [1.82, 2.24) is 9.97 Å². The smallest absolute Gasteiger partial charge is 0.395 e. The minimum Gasteiger partial charge on any atom is -0.395 e. The molecule has 0 unspecified atom stereocenters. The van der Waals surface area contributed by atoms with Crippen molar-refractivity contribution in [2.24, 2.45) is 0 Å². The normalized spacial score (nSPS) is 14.1. The highest BCUT2D eigenvalue weighted by Gasteiger charge is 2.43. The van der Waals surface area contributed by atoms with Gasteiger partial charge in [0.05, 0.1) is 16.9 Å². The molecule has 3 aromatic heterocycles. The van der Waals surface area contributed by atoms with Crippen LogP contribution in [0.15, 0.2) is 45.9 Å². The second-order valence-corrected chi connectivity index (χ2v) is 9.48. The molecule has 12 heteroatoms. The molecule has 0 fully saturated rings. The zero-order chi connectivity index (χ0) is 22.3. The number of hydrogen-bond donors (Lipinski definition) is 2. The lowest BCUT2D eigenvalue weighted by Crippen LogP contribution is -2.25. The van der Waals surface area contributed by atoms with Gasteiger partial charge < -0.3 is 19.8 Å². The molecule has 2 N–H and O–H groups in total. The molecule has 1 aromatic carbocycles. The monoisotopic (exact) mass is 493 g/mol. The standard InChI is InChI=1S/C20H13F2N3O4S3/c21-20(22)28-12-4-3-10(6-13(12)29-20)23-16(26)9-30-8-15-24-18(27)17-11(7-32-19(17)25-15)14-2-1-5-31-14/h1-7H,8-9H2,(H,23,26)(H,24,25,27). The molecular formula is C20H13F2N3O4S3. The zero-order valence-corrected chi connectivity index (χ0v) is 18.5. The minimum absolute atomic E-state index is 0.0806. The van der Waals surface area contributed by atoms with Crippen molar-refractivity contribution in [2.45, 2.75) is 12.0 Å². The molecule has 32 heavy (non-hydrogen) atoms. The van der Waals surface area contributed by atoms with Crippen LogP contribution in [-0.2, 0) is 10.5 Å². The number of halogens is 2. The number of amides is 1. The SMILES string of the molecule is O=C(CSCc1nc2scc(-c3cccs3)c2c(=O)[nH]1)Nc1ccc2c(c1)OC(F)(F)O2. The number of benzene rings is 1. The van der Waals surface area contributed by atoms with E-state index in [2.05, 4.69) is 24.8 Å². The Hall–Kier alpha value is -2.96. The van der Waals surface area contributed by atoms with Crippen LogP contribution in [0, 0.1) is 0 Å². The molecule has 0 saturated heterocycles. The van der Waals surface area contributed by atoms with Crippen molar-refractivity contribution in [3.8, 4) is 21.9 Å². The highest BCUT2D eigenvalue weighted by atomic mass is 32.2. The highest BCUT2D eigenvalue weighted by molar-refractivity contribution is 7.99. The maximum atomic E-state index is 13.1. The molecule has 1 aliphatic rings. The van der Waals surface area contributed by atoms with E-state index in [-0.39, 0.29) is 28.7 Å². The summed E-state index contributed by atoms with van der Waals surface area (Å²) >= 11 is 4.23. The number of nitrogens with zero attached hydrogens (tertiary/aromatic N) is 1. The molecule has 4 heterocycles. The van der Waals surface area contributed by atoms with Crippen molar-refractivity contribution in [2.75, 3.05) is 11.1 Å². The van der Waals surface area contributed by atoms with Gasteiger partial charge in [-0.25, -0.2) is 4.98 Å². The Kier molecular flexibility index (Phi) is 5.35. The molecule has 164 valence electrons. The molecule has 0 spiro atoms. The van der Waals surface area contributed by atoms with Crippen LogP contribution in [0.5, 0.6) is 11.5 Å². The molecule has 1 amide bonds. The number of hydrogen-bond acceptors (Lipinski definition) is 8. The summed E-state index contributed by atoms with van der Waals surface area (Å²) < 4.78 is 34.9. The zero-order valence-electron chi connectivity index (χ0n) is 16.0. The number of thioether (sulfide) groups is 1. The van der Waals surface area contributed by atoms with Crippen LogP contribution >= 0.6 is 34.4 Å². The molecule has 4 aromatic rings. The largest absolute Gasteiger partial charge is 0.586 e. The predicted octanol–water partition coefficient (Wildman–Crippen LogP) is 4.91. The fourth-order valence-corrected chi connectivity index (χ4v) is 5.61. The van der Waals surface area contributed by atoms with Gasteiger partial charge in [-0.2, -0.15) is 0 Å². The van der Waals surface area contributed by atoms with Crippen molar-refractivity contribution in [3.63, 3.8) is 0 Å². The summed E-state index contributed by atoms with van der Waals surface area (Å²) in [6.07, 6.45) is -3.71. The summed E-state index contributed by atoms with van der Waals surface area (Å²) in [4.78, 5) is 33.8. The summed E-state index contributed by atoms with van der Waals surface area (Å²) in [5.74, 6) is 0.317. The lowest BCUT2D eigenvalue weighted by Gasteiger charge is -2.06. The number of rotatable bonds is 6. The van der Waals surface area contributed by atoms with Gasteiger partial charge in [-0.15, -0.1) is 43.2 Å². The van der Waals surface area contributed by atoms with E-state index in [1.165, 1.54) is 41.3 Å². The van der Waals surface area contributed by atoms with Gasteiger partial charge in [0.25, 0.3) is 5.56 Å². The number of aromatic nitrogens is 2. The van der Waals surface area contributed by atoms with Crippen molar-refractivity contribution in [3.05, 3.63) is 57.3 Å². The molecule has 7 nitrogen and oxygen atoms in total. The number of carbonyl (C=O) groups is 1. The number of carbonyl (C=O) groups excluding carboxylic acids is 1. The van der Waals surface area contributed by atoms with Crippen LogP contribution in [-0.4, -0.2) is 27.9 Å². The molecular weight excluding hydrogens is 480 g/mol. The van der Waals surface area contributed by atoms with E-state index < -0.39 is 6.29 Å². The number of ether oxygens (including phenoxy) is 2. The number of nitrogens with one attached hydrogen (secondary N) is 2. The van der Waals surface area contributed by atoms with Gasteiger partial charge in [0.2, 0.25) is 5.91 Å². The Labute approximate surface area is 191 Å². The van der Waals surface area contributed by atoms with E-state index in [4.69, 9.17) is 0 Å². The first-order valence-corrected chi connectivity index (χ1v) is 12.1. The number of alkyl halides is 2. The van der Waals surface area contributed by atoms with E-state index >= 15 is 0 Å². The van der Waals surface area contributed by atoms with E-state index in [1.54, 1.807) is 11.3 Å². The van der Waals surface area contributed by atoms with Gasteiger partial charge in [-0.05, 0) is 23.6 Å². The van der Waals surface area contributed by atoms with Gasteiger partial charge in [-0.3, -0.25) is 9.59 Å². The number of anilines is 1. The van der Waals surface area contributed by atoms with Gasteiger partial charge in [-0.1, -0.05) is 6.07 Å². The number of thiophene rings is 2. The van der Waals surface area contributed by atoms with Crippen molar-refractivity contribution < 1.29 is 23.0 Å². The van der Waals surface area contributed by atoms with E-state index in [1.807, 2.05) is 22.9 Å². The predicted molar refractivity (Wildman–Crippen MR) is 121 cm³/mol. The van der Waals surface area contributed by atoms with E-state index in [0.29, 0.717) is 27.5 Å². The molecule has 0 saturated carbocycles. The number of aromatic amines is 1. The average molecular weight is 494 g/mol. The second kappa shape index (κ2) is 8.19.